The molecule has 0 spiro atoms. The van der Waals surface area contributed by atoms with Gasteiger partial charge >= 0.3 is 11.9 Å². The summed E-state index contributed by atoms with van der Waals surface area (Å²) in [6, 6.07) is 9.84. The minimum Gasteiger partial charge on any atom is -0.478 e. The van der Waals surface area contributed by atoms with Gasteiger partial charge in [-0.1, -0.05) is 0 Å². The molecule has 0 atom stereocenters. The van der Waals surface area contributed by atoms with Gasteiger partial charge in [0.15, 0.2) is 0 Å². The van der Waals surface area contributed by atoms with Crippen molar-refractivity contribution in [2.24, 2.45) is 0 Å². The molecule has 43 heavy (non-hydrogen) atoms. The zero-order valence-electron chi connectivity index (χ0n) is 26.5. The Hall–Kier alpha value is -3.56. The van der Waals surface area contributed by atoms with Crippen molar-refractivity contribution in [2.45, 2.75) is 115 Å². The molecule has 2 aliphatic rings. The number of piperidine rings is 2. The van der Waals surface area contributed by atoms with Crippen molar-refractivity contribution in [3.05, 3.63) is 58.7 Å². The Morgan fingerprint density at radius 2 is 1.14 bits per heavy atom. The lowest BCUT2D eigenvalue weighted by Crippen LogP contribution is -2.58. The highest BCUT2D eigenvalue weighted by Gasteiger charge is 2.45. The molecule has 0 amide bonds. The molecule has 3 aromatic rings. The zero-order valence-corrected chi connectivity index (χ0v) is 26.5. The maximum atomic E-state index is 12.9. The number of benzene rings is 2. The van der Waals surface area contributed by atoms with E-state index in [4.69, 9.17) is 4.42 Å². The molecule has 0 unspecified atom stereocenters. The Balaban J connectivity index is 1.72. The van der Waals surface area contributed by atoms with E-state index in [1.807, 2.05) is 6.07 Å². The second-order valence-corrected chi connectivity index (χ2v) is 15.1. The van der Waals surface area contributed by atoms with E-state index >= 15 is 0 Å². The molecule has 2 aromatic carbocycles. The van der Waals surface area contributed by atoms with Crippen LogP contribution in [0.5, 0.6) is 0 Å². The fourth-order valence-electron chi connectivity index (χ4n) is 8.15. The second-order valence-electron chi connectivity index (χ2n) is 15.1. The number of carboxylic acid groups (broad SMARTS) is 2. The topological polar surface area (TPSA) is 138 Å². The second kappa shape index (κ2) is 10.6. The number of hydrogen-bond acceptors (Lipinski definition) is 7. The molecule has 2 fully saturated rings. The molecule has 9 heteroatoms. The van der Waals surface area contributed by atoms with Crippen LogP contribution >= 0.6 is 0 Å². The van der Waals surface area contributed by atoms with Crippen molar-refractivity contribution in [3.8, 4) is 22.9 Å². The third-order valence-corrected chi connectivity index (χ3v) is 8.75. The first kappa shape index (κ1) is 30.9. The fourth-order valence-corrected chi connectivity index (χ4v) is 8.15. The van der Waals surface area contributed by atoms with Gasteiger partial charge < -0.3 is 25.3 Å². The van der Waals surface area contributed by atoms with Crippen LogP contribution in [0, 0.1) is 0 Å². The highest BCUT2D eigenvalue weighted by atomic mass is 16.4. The first-order valence-electron chi connectivity index (χ1n) is 15.0. The van der Waals surface area contributed by atoms with E-state index in [1.165, 1.54) is 12.1 Å². The summed E-state index contributed by atoms with van der Waals surface area (Å²) in [6.45, 7) is 17.5. The summed E-state index contributed by atoms with van der Waals surface area (Å²) in [5, 5.41) is 36.1. The van der Waals surface area contributed by atoms with Gasteiger partial charge in [0.25, 0.3) is 0 Å². The van der Waals surface area contributed by atoms with Gasteiger partial charge in [0.05, 0.1) is 11.1 Å². The number of rotatable bonds is 6. The molecule has 0 bridgehead atoms. The molecule has 230 valence electrons. The summed E-state index contributed by atoms with van der Waals surface area (Å²) in [7, 11) is 0. The SMILES string of the molecule is CC1(C)CC(c2c(C(=O)O)ccc(-c3nnc(-c4ccc(C(=O)O)cc4)o3)c2C2CC(C)(C)NC(C)(C)C2)CC(C)(C)N1. The number of hydrogen-bond donors (Lipinski definition) is 4. The van der Waals surface area contributed by atoms with Crippen LogP contribution in [0.4, 0.5) is 0 Å². The van der Waals surface area contributed by atoms with Crippen molar-refractivity contribution in [1.29, 1.82) is 0 Å². The summed E-state index contributed by atoms with van der Waals surface area (Å²) < 4.78 is 6.27. The van der Waals surface area contributed by atoms with Crippen LogP contribution in [0.3, 0.4) is 0 Å². The maximum absolute atomic E-state index is 12.9. The third kappa shape index (κ3) is 6.53. The summed E-state index contributed by atoms with van der Waals surface area (Å²) in [6.07, 6.45) is 3.20. The van der Waals surface area contributed by atoms with Gasteiger partial charge in [-0.3, -0.25) is 0 Å². The standard InChI is InChI=1S/C34H44N4O5/c1-31(2)15-21(16-32(3,4)37-31)25-23(28-36-35-27(43-28)19-9-11-20(12-10-19)29(39)40)13-14-24(30(41)42)26(25)22-17-33(5,6)38-34(7,8)18-22/h9-14,21-22,37-38H,15-18H2,1-8H3,(H,39,40)(H,41,42). The minimum absolute atomic E-state index is 0.000588. The minimum atomic E-state index is -1.01. The Labute approximate surface area is 253 Å². The van der Waals surface area contributed by atoms with Crippen molar-refractivity contribution in [1.82, 2.24) is 20.8 Å². The van der Waals surface area contributed by atoms with Gasteiger partial charge in [-0.05, 0) is 140 Å². The molecule has 2 saturated heterocycles. The quantitative estimate of drug-likeness (QED) is 0.244. The first-order chi connectivity index (χ1) is 19.9. The van der Waals surface area contributed by atoms with Crippen LogP contribution in [-0.4, -0.2) is 54.5 Å². The van der Waals surface area contributed by atoms with Gasteiger partial charge in [-0.15, -0.1) is 10.2 Å². The van der Waals surface area contributed by atoms with Crippen molar-refractivity contribution in [2.75, 3.05) is 0 Å². The first-order valence-corrected chi connectivity index (χ1v) is 15.0. The van der Waals surface area contributed by atoms with Crippen molar-refractivity contribution < 1.29 is 24.2 Å². The zero-order chi connectivity index (χ0) is 31.5. The molecular formula is C34H44N4O5. The normalized spacial score (nSPS) is 21.4. The van der Waals surface area contributed by atoms with Crippen molar-refractivity contribution in [3.63, 3.8) is 0 Å². The maximum Gasteiger partial charge on any atom is 0.335 e. The molecule has 3 heterocycles. The van der Waals surface area contributed by atoms with Gasteiger partial charge in [0.2, 0.25) is 11.8 Å². The number of nitrogens with one attached hydrogen (secondary N) is 2. The van der Waals surface area contributed by atoms with Crippen molar-refractivity contribution >= 4 is 11.9 Å². The molecular weight excluding hydrogens is 544 g/mol. The Kier molecular flexibility index (Phi) is 7.58. The van der Waals surface area contributed by atoms with Crippen LogP contribution in [0.25, 0.3) is 22.9 Å². The van der Waals surface area contributed by atoms with Gasteiger partial charge in [0, 0.05) is 33.3 Å². The largest absolute Gasteiger partial charge is 0.478 e. The van der Waals surface area contributed by atoms with Gasteiger partial charge in [0.1, 0.15) is 0 Å². The molecule has 0 aliphatic carbocycles. The molecule has 1 aromatic heterocycles. The number of carboxylic acids is 2. The van der Waals surface area contributed by atoms with Crippen LogP contribution in [0.1, 0.15) is 125 Å². The lowest BCUT2D eigenvalue weighted by Gasteiger charge is -2.49. The highest BCUT2D eigenvalue weighted by Crippen LogP contribution is 2.50. The number of aromatic carboxylic acids is 2. The number of nitrogens with zero attached hydrogens (tertiary/aromatic N) is 2. The third-order valence-electron chi connectivity index (χ3n) is 8.75. The average Bonchev–Trinajstić information content (AvgIpc) is 3.34. The molecule has 2 aliphatic heterocycles. The number of aromatic nitrogens is 2. The Bertz CT molecular complexity index is 1520. The van der Waals surface area contributed by atoms with Crippen LogP contribution in [-0.2, 0) is 0 Å². The molecule has 4 N–H and O–H groups in total. The summed E-state index contributed by atoms with van der Waals surface area (Å²) in [5.74, 6) is -1.30. The lowest BCUT2D eigenvalue weighted by atomic mass is 9.66. The highest BCUT2D eigenvalue weighted by molar-refractivity contribution is 5.92. The van der Waals surface area contributed by atoms with E-state index in [0.29, 0.717) is 17.0 Å². The number of carbonyl (C=O) groups is 2. The summed E-state index contributed by atoms with van der Waals surface area (Å²) in [5.41, 5.74) is 2.97. The van der Waals surface area contributed by atoms with Crippen LogP contribution in [0.2, 0.25) is 0 Å². The summed E-state index contributed by atoms with van der Waals surface area (Å²) in [4.78, 5) is 24.2. The molecule has 0 saturated carbocycles. The van der Waals surface area contributed by atoms with Gasteiger partial charge in [-0.25, -0.2) is 9.59 Å². The van der Waals surface area contributed by atoms with E-state index in [2.05, 4.69) is 76.2 Å². The van der Waals surface area contributed by atoms with Crippen LogP contribution in [0.15, 0.2) is 40.8 Å². The van der Waals surface area contributed by atoms with E-state index in [1.54, 1.807) is 18.2 Å². The summed E-state index contributed by atoms with van der Waals surface area (Å²) >= 11 is 0. The van der Waals surface area contributed by atoms with Crippen LogP contribution < -0.4 is 10.6 Å². The molecule has 0 radical (unpaired) electrons. The van der Waals surface area contributed by atoms with E-state index in [-0.39, 0.29) is 45.4 Å². The predicted octanol–water partition coefficient (Wildman–Crippen LogP) is 6.85. The monoisotopic (exact) mass is 588 g/mol. The average molecular weight is 589 g/mol. The van der Waals surface area contributed by atoms with E-state index in [9.17, 15) is 19.8 Å². The Morgan fingerprint density at radius 3 is 1.60 bits per heavy atom. The lowest BCUT2D eigenvalue weighted by molar-refractivity contribution is 0.0683. The van der Waals surface area contributed by atoms with E-state index in [0.717, 1.165) is 42.4 Å². The predicted molar refractivity (Wildman–Crippen MR) is 166 cm³/mol. The fraction of sp³-hybridized carbons (Fsp3) is 0.529. The smallest absolute Gasteiger partial charge is 0.335 e. The van der Waals surface area contributed by atoms with Gasteiger partial charge in [-0.2, -0.15) is 0 Å². The molecule has 5 rings (SSSR count). The van der Waals surface area contributed by atoms with E-state index < -0.39 is 11.9 Å². The Morgan fingerprint density at radius 1 is 0.674 bits per heavy atom. The molecule has 9 nitrogen and oxygen atoms in total.